The van der Waals surface area contributed by atoms with Crippen molar-refractivity contribution in [2.24, 2.45) is 4.99 Å². The molecule has 3 rings (SSSR count). The van der Waals surface area contributed by atoms with Crippen LogP contribution in [0.2, 0.25) is 0 Å². The molecule has 3 nitrogen and oxygen atoms in total. The van der Waals surface area contributed by atoms with E-state index in [-0.39, 0.29) is 10.8 Å². The molecule has 0 bridgehead atoms. The molecule has 0 saturated carbocycles. The summed E-state index contributed by atoms with van der Waals surface area (Å²) in [5.74, 6) is 0.387. The molecule has 28 heavy (non-hydrogen) atoms. The quantitative estimate of drug-likeness (QED) is 0.495. The summed E-state index contributed by atoms with van der Waals surface area (Å²) in [4.78, 5) is 9.23. The second-order valence-electron chi connectivity index (χ2n) is 9.10. The number of aromatic hydroxyl groups is 1. The molecule has 0 atom stereocenters. The number of aromatic nitrogens is 1. The maximum Gasteiger partial charge on any atom is 0.209 e. The molecule has 1 aromatic heterocycles. The number of hydrogen-bond acceptors (Lipinski definition) is 4. The zero-order valence-corrected chi connectivity index (χ0v) is 18.3. The van der Waals surface area contributed by atoms with E-state index in [4.69, 9.17) is 0 Å². The third-order valence-corrected chi connectivity index (χ3v) is 5.38. The van der Waals surface area contributed by atoms with Crippen molar-refractivity contribution in [2.45, 2.75) is 52.4 Å². The number of rotatable bonds is 3. The lowest BCUT2D eigenvalue weighted by atomic mass is 9.78. The summed E-state index contributed by atoms with van der Waals surface area (Å²) in [5.41, 5.74) is 4.56. The first kappa shape index (κ1) is 20.3. The molecule has 0 aliphatic carbocycles. The molecule has 0 spiro atoms. The summed E-state index contributed by atoms with van der Waals surface area (Å²) in [6.45, 7) is 12.7. The minimum absolute atomic E-state index is 0.157. The maximum absolute atomic E-state index is 10.8. The van der Waals surface area contributed by atoms with Gasteiger partial charge < -0.3 is 5.11 Å². The van der Waals surface area contributed by atoms with E-state index < -0.39 is 0 Å². The molecule has 0 saturated heterocycles. The molecule has 2 aromatic carbocycles. The second kappa shape index (κ2) is 7.51. The summed E-state index contributed by atoms with van der Waals surface area (Å²) >= 11 is 1.53. The van der Waals surface area contributed by atoms with Crippen LogP contribution in [0.15, 0.2) is 52.8 Å². The molecule has 1 N–H and O–H groups in total. The SMILES string of the molecule is CC(C)(C)c1cc(C=Nc2nc(-c3ccccc3)cs2)cc(C(C)(C)C)c1O. The van der Waals surface area contributed by atoms with Crippen molar-refractivity contribution >= 4 is 22.7 Å². The fraction of sp³-hybridized carbons (Fsp3) is 0.333. The summed E-state index contributed by atoms with van der Waals surface area (Å²) in [5, 5.41) is 13.6. The lowest BCUT2D eigenvalue weighted by Gasteiger charge is -2.27. The predicted octanol–water partition coefficient (Wildman–Crippen LogP) is 6.86. The first-order valence-corrected chi connectivity index (χ1v) is 10.4. The molecule has 4 heteroatoms. The van der Waals surface area contributed by atoms with Crippen LogP contribution in [0, 0.1) is 0 Å². The molecule has 0 aliphatic rings. The van der Waals surface area contributed by atoms with E-state index in [2.05, 4.69) is 51.5 Å². The Morgan fingerprint density at radius 2 is 1.50 bits per heavy atom. The van der Waals surface area contributed by atoms with Crippen molar-refractivity contribution < 1.29 is 5.11 Å². The molecular formula is C24H28N2OS. The number of thiazole rings is 1. The Kier molecular flexibility index (Phi) is 5.44. The average molecular weight is 393 g/mol. The van der Waals surface area contributed by atoms with E-state index in [1.807, 2.05) is 54.1 Å². The van der Waals surface area contributed by atoms with Crippen LogP contribution in [-0.2, 0) is 10.8 Å². The Bertz CT molecular complexity index is 954. The van der Waals surface area contributed by atoms with Crippen LogP contribution in [0.4, 0.5) is 5.13 Å². The normalized spacial score (nSPS) is 12.6. The zero-order valence-electron chi connectivity index (χ0n) is 17.4. The smallest absolute Gasteiger partial charge is 0.209 e. The number of phenolic OH excluding ortho intramolecular Hbond substituents is 1. The van der Waals surface area contributed by atoms with E-state index in [1.54, 1.807) is 0 Å². The lowest BCUT2D eigenvalue weighted by molar-refractivity contribution is 0.423. The molecule has 0 radical (unpaired) electrons. The van der Waals surface area contributed by atoms with Crippen LogP contribution < -0.4 is 0 Å². The van der Waals surface area contributed by atoms with Crippen molar-refractivity contribution in [1.82, 2.24) is 4.98 Å². The first-order chi connectivity index (χ1) is 13.1. The largest absolute Gasteiger partial charge is 0.507 e. The van der Waals surface area contributed by atoms with Gasteiger partial charge in [0.15, 0.2) is 0 Å². The summed E-state index contributed by atoms with van der Waals surface area (Å²) < 4.78 is 0. The first-order valence-electron chi connectivity index (χ1n) is 9.49. The maximum atomic E-state index is 10.8. The molecule has 0 amide bonds. The van der Waals surface area contributed by atoms with Crippen LogP contribution in [0.25, 0.3) is 11.3 Å². The highest BCUT2D eigenvalue weighted by Gasteiger charge is 2.26. The second-order valence-corrected chi connectivity index (χ2v) is 9.94. The highest BCUT2D eigenvalue weighted by molar-refractivity contribution is 7.13. The van der Waals surface area contributed by atoms with Crippen LogP contribution in [0.1, 0.15) is 58.2 Å². The van der Waals surface area contributed by atoms with Crippen LogP contribution in [-0.4, -0.2) is 16.3 Å². The summed E-state index contributed by atoms with van der Waals surface area (Å²) in [6, 6.07) is 14.2. The molecule has 0 fully saturated rings. The van der Waals surface area contributed by atoms with Crippen molar-refractivity contribution in [1.29, 1.82) is 0 Å². The predicted molar refractivity (Wildman–Crippen MR) is 120 cm³/mol. The number of benzene rings is 2. The Labute approximate surface area is 171 Å². The third kappa shape index (κ3) is 4.50. The van der Waals surface area contributed by atoms with E-state index in [9.17, 15) is 5.11 Å². The van der Waals surface area contributed by atoms with Crippen molar-refractivity contribution in [2.75, 3.05) is 0 Å². The van der Waals surface area contributed by atoms with Gasteiger partial charge in [-0.25, -0.2) is 9.98 Å². The van der Waals surface area contributed by atoms with Crippen LogP contribution >= 0.6 is 11.3 Å². The number of nitrogens with zero attached hydrogens (tertiary/aromatic N) is 2. The van der Waals surface area contributed by atoms with Gasteiger partial charge in [0.05, 0.1) is 5.69 Å². The van der Waals surface area contributed by atoms with Gasteiger partial charge >= 0.3 is 0 Å². The van der Waals surface area contributed by atoms with Crippen molar-refractivity contribution in [3.63, 3.8) is 0 Å². The van der Waals surface area contributed by atoms with Gasteiger partial charge in [0.1, 0.15) is 5.75 Å². The molecule has 0 aliphatic heterocycles. The molecule has 3 aromatic rings. The summed E-state index contributed by atoms with van der Waals surface area (Å²) in [6.07, 6.45) is 1.84. The third-order valence-electron chi connectivity index (χ3n) is 4.63. The standard InChI is InChI=1S/C24H28N2OS/c1-23(2,3)18-12-16(13-19(21(18)27)24(4,5)6)14-25-22-26-20(15-28-22)17-10-8-7-9-11-17/h7-15,27H,1-6H3. The van der Waals surface area contributed by atoms with Crippen LogP contribution in [0.3, 0.4) is 0 Å². The van der Waals surface area contributed by atoms with E-state index in [0.29, 0.717) is 5.75 Å². The van der Waals surface area contributed by atoms with Gasteiger partial charge in [-0.1, -0.05) is 71.9 Å². The number of aliphatic imine (C=N–C) groups is 1. The van der Waals surface area contributed by atoms with Gasteiger partial charge in [-0.3, -0.25) is 0 Å². The van der Waals surface area contributed by atoms with Gasteiger partial charge in [0, 0.05) is 28.3 Å². The average Bonchev–Trinajstić information content (AvgIpc) is 3.08. The number of phenols is 1. The molecule has 1 heterocycles. The zero-order chi connectivity index (χ0) is 20.5. The fourth-order valence-corrected chi connectivity index (χ4v) is 3.74. The van der Waals surface area contributed by atoms with Crippen molar-refractivity contribution in [3.8, 4) is 17.0 Å². The topological polar surface area (TPSA) is 45.5 Å². The molecule has 0 unspecified atom stereocenters. The van der Waals surface area contributed by atoms with Crippen molar-refractivity contribution in [3.05, 3.63) is 64.5 Å². The highest BCUT2D eigenvalue weighted by atomic mass is 32.1. The minimum atomic E-state index is -0.157. The molecular weight excluding hydrogens is 364 g/mol. The van der Waals surface area contributed by atoms with Crippen LogP contribution in [0.5, 0.6) is 5.75 Å². The number of hydrogen-bond donors (Lipinski definition) is 1. The molecule has 146 valence electrons. The lowest BCUT2D eigenvalue weighted by Crippen LogP contribution is -2.17. The fourth-order valence-electron chi connectivity index (χ4n) is 3.07. The highest BCUT2D eigenvalue weighted by Crippen LogP contribution is 2.39. The Morgan fingerprint density at radius 1 is 0.929 bits per heavy atom. The van der Waals surface area contributed by atoms with Gasteiger partial charge in [0.25, 0.3) is 0 Å². The van der Waals surface area contributed by atoms with Gasteiger partial charge in [-0.15, -0.1) is 11.3 Å². The van der Waals surface area contributed by atoms with Gasteiger partial charge in [0.2, 0.25) is 5.13 Å². The van der Waals surface area contributed by atoms with Gasteiger partial charge in [-0.05, 0) is 28.5 Å². The monoisotopic (exact) mass is 392 g/mol. The summed E-state index contributed by atoms with van der Waals surface area (Å²) in [7, 11) is 0. The Hall–Kier alpha value is -2.46. The minimum Gasteiger partial charge on any atom is -0.507 e. The van der Waals surface area contributed by atoms with E-state index in [0.717, 1.165) is 33.1 Å². The van der Waals surface area contributed by atoms with Gasteiger partial charge in [-0.2, -0.15) is 0 Å². The Balaban J connectivity index is 1.97. The van der Waals surface area contributed by atoms with E-state index in [1.165, 1.54) is 11.3 Å². The van der Waals surface area contributed by atoms with E-state index >= 15 is 0 Å². The Morgan fingerprint density at radius 3 is 2.04 bits per heavy atom.